The lowest BCUT2D eigenvalue weighted by Crippen LogP contribution is -2.80. The van der Waals surface area contributed by atoms with Crippen LogP contribution in [0.25, 0.3) is 11.3 Å². The Balaban J connectivity index is 1.60. The Morgan fingerprint density at radius 2 is 1.59 bits per heavy atom. The quantitative estimate of drug-likeness (QED) is 0.731. The summed E-state index contributed by atoms with van der Waals surface area (Å²) in [5.74, 6) is 1.80. The molecule has 0 radical (unpaired) electrons. The van der Waals surface area contributed by atoms with Gasteiger partial charge in [-0.2, -0.15) is 0 Å². The van der Waals surface area contributed by atoms with E-state index < -0.39 is 0 Å². The third kappa shape index (κ3) is 3.72. The summed E-state index contributed by atoms with van der Waals surface area (Å²) in [6, 6.07) is 19.5. The molecule has 1 aromatic heterocycles. The van der Waals surface area contributed by atoms with Gasteiger partial charge in [-0.3, -0.25) is 0 Å². The number of hydrogen-bond donors (Lipinski definition) is 1. The number of nitrogens with two attached hydrogens (primary N) is 1. The molecule has 0 saturated carbocycles. The number of hydrogen-bond acceptors (Lipinski definition) is 1. The van der Waals surface area contributed by atoms with Crippen molar-refractivity contribution in [2.24, 2.45) is 0 Å². The van der Waals surface area contributed by atoms with Crippen LogP contribution in [-0.4, -0.2) is 0 Å². The predicted molar refractivity (Wildman–Crippen MR) is 89.9 cm³/mol. The summed E-state index contributed by atoms with van der Waals surface area (Å²) >= 11 is 12.0. The fourth-order valence-corrected chi connectivity index (χ4v) is 2.63. The highest BCUT2D eigenvalue weighted by atomic mass is 35.5. The summed E-state index contributed by atoms with van der Waals surface area (Å²) in [6.07, 6.45) is 0. The van der Waals surface area contributed by atoms with Gasteiger partial charge in [0.15, 0.2) is 5.76 Å². The Hall–Kier alpha value is -1.74. The number of furan rings is 1. The van der Waals surface area contributed by atoms with Gasteiger partial charge in [0.05, 0.1) is 0 Å². The Morgan fingerprint density at radius 3 is 2.36 bits per heavy atom. The Morgan fingerprint density at radius 1 is 0.818 bits per heavy atom. The largest absolute Gasteiger partial charge is 0.455 e. The van der Waals surface area contributed by atoms with Crippen LogP contribution in [0.1, 0.15) is 11.3 Å². The predicted octanol–water partition coefficient (Wildman–Crippen LogP) is 4.52. The van der Waals surface area contributed by atoms with Crippen molar-refractivity contribution in [1.29, 1.82) is 0 Å². The van der Waals surface area contributed by atoms with Gasteiger partial charge in [0.1, 0.15) is 18.8 Å². The molecule has 0 aliphatic carbocycles. The van der Waals surface area contributed by atoms with E-state index in [1.807, 2.05) is 60.7 Å². The lowest BCUT2D eigenvalue weighted by atomic mass is 10.2. The molecule has 0 fully saturated rings. The van der Waals surface area contributed by atoms with Crippen LogP contribution in [0.4, 0.5) is 0 Å². The second-order valence-electron chi connectivity index (χ2n) is 5.06. The van der Waals surface area contributed by atoms with E-state index in [9.17, 15) is 0 Å². The van der Waals surface area contributed by atoms with Gasteiger partial charge in [-0.15, -0.1) is 0 Å². The first-order valence-electron chi connectivity index (χ1n) is 7.12. The van der Waals surface area contributed by atoms with Crippen molar-refractivity contribution < 1.29 is 9.73 Å². The summed E-state index contributed by atoms with van der Waals surface area (Å²) < 4.78 is 5.87. The third-order valence-electron chi connectivity index (χ3n) is 3.46. The van der Waals surface area contributed by atoms with Gasteiger partial charge in [0.2, 0.25) is 0 Å². The molecule has 0 saturated heterocycles. The molecule has 3 rings (SSSR count). The summed E-state index contributed by atoms with van der Waals surface area (Å²) in [6.45, 7) is 1.61. The van der Waals surface area contributed by atoms with Crippen LogP contribution in [0.3, 0.4) is 0 Å². The first-order valence-corrected chi connectivity index (χ1v) is 7.88. The topological polar surface area (TPSA) is 29.8 Å². The van der Waals surface area contributed by atoms with Crippen molar-refractivity contribution in [2.75, 3.05) is 0 Å². The van der Waals surface area contributed by atoms with Crippen LogP contribution in [0, 0.1) is 0 Å². The highest BCUT2D eigenvalue weighted by molar-refractivity contribution is 6.31. The van der Waals surface area contributed by atoms with Crippen molar-refractivity contribution in [3.05, 3.63) is 82.0 Å². The fraction of sp³-hybridized carbons (Fsp3) is 0.111. The molecular formula is C18H16Cl2NO+. The Bertz CT molecular complexity index is 750. The van der Waals surface area contributed by atoms with Gasteiger partial charge >= 0.3 is 0 Å². The standard InChI is InChI=1S/C18H15Cl2NO/c19-15-7-5-13(6-8-15)18-10-9-16(22-18)12-21-11-14-3-1-2-4-17(14)20/h1-10,21H,11-12H2/p+1. The van der Waals surface area contributed by atoms with E-state index in [-0.39, 0.29) is 0 Å². The number of halogens is 2. The lowest BCUT2D eigenvalue weighted by molar-refractivity contribution is -0.687. The van der Waals surface area contributed by atoms with Gasteiger partial charge in [-0.1, -0.05) is 41.4 Å². The summed E-state index contributed by atoms with van der Waals surface area (Å²) in [5, 5.41) is 3.70. The third-order valence-corrected chi connectivity index (χ3v) is 4.08. The molecule has 0 bridgehead atoms. The summed E-state index contributed by atoms with van der Waals surface area (Å²) in [7, 11) is 0. The monoisotopic (exact) mass is 332 g/mol. The van der Waals surface area contributed by atoms with Gasteiger partial charge < -0.3 is 9.73 Å². The minimum atomic E-state index is 0.726. The second kappa shape index (κ2) is 7.01. The van der Waals surface area contributed by atoms with E-state index in [0.29, 0.717) is 0 Å². The normalized spacial score (nSPS) is 10.8. The van der Waals surface area contributed by atoms with Crippen LogP contribution in [-0.2, 0) is 13.1 Å². The number of benzene rings is 2. The zero-order chi connectivity index (χ0) is 15.4. The Labute approximate surface area is 139 Å². The molecule has 0 aliphatic rings. The van der Waals surface area contributed by atoms with Crippen LogP contribution in [0.5, 0.6) is 0 Å². The van der Waals surface area contributed by atoms with Crippen LogP contribution < -0.4 is 5.32 Å². The molecular weight excluding hydrogens is 317 g/mol. The molecule has 0 aliphatic heterocycles. The van der Waals surface area contributed by atoms with E-state index in [2.05, 4.69) is 5.32 Å². The first-order chi connectivity index (χ1) is 10.7. The summed E-state index contributed by atoms with van der Waals surface area (Å²) in [4.78, 5) is 0. The maximum Gasteiger partial charge on any atom is 0.158 e. The molecule has 0 atom stereocenters. The maximum atomic E-state index is 6.15. The van der Waals surface area contributed by atoms with E-state index in [0.717, 1.165) is 45.8 Å². The van der Waals surface area contributed by atoms with Gasteiger partial charge in [0.25, 0.3) is 0 Å². The van der Waals surface area contributed by atoms with E-state index in [1.165, 1.54) is 0 Å². The van der Waals surface area contributed by atoms with Crippen LogP contribution in [0.15, 0.2) is 65.1 Å². The highest BCUT2D eigenvalue weighted by Gasteiger charge is 2.07. The zero-order valence-corrected chi connectivity index (χ0v) is 13.4. The van der Waals surface area contributed by atoms with Crippen molar-refractivity contribution in [3.63, 3.8) is 0 Å². The van der Waals surface area contributed by atoms with Crippen molar-refractivity contribution in [3.8, 4) is 11.3 Å². The molecule has 1 heterocycles. The molecule has 0 unspecified atom stereocenters. The van der Waals surface area contributed by atoms with E-state index in [4.69, 9.17) is 27.6 Å². The second-order valence-corrected chi connectivity index (χ2v) is 5.90. The number of quaternary nitrogens is 1. The average Bonchev–Trinajstić information content (AvgIpc) is 2.99. The average molecular weight is 333 g/mol. The molecule has 112 valence electrons. The molecule has 3 aromatic rings. The van der Waals surface area contributed by atoms with Gasteiger partial charge in [-0.25, -0.2) is 0 Å². The van der Waals surface area contributed by atoms with Crippen LogP contribution >= 0.6 is 23.2 Å². The molecule has 2 N–H and O–H groups in total. The minimum Gasteiger partial charge on any atom is -0.455 e. The molecule has 4 heteroatoms. The highest BCUT2D eigenvalue weighted by Crippen LogP contribution is 2.23. The molecule has 0 amide bonds. The van der Waals surface area contributed by atoms with Crippen LogP contribution in [0.2, 0.25) is 10.0 Å². The van der Waals surface area contributed by atoms with Crippen molar-refractivity contribution in [1.82, 2.24) is 0 Å². The molecule has 0 spiro atoms. The zero-order valence-electron chi connectivity index (χ0n) is 11.9. The van der Waals surface area contributed by atoms with E-state index >= 15 is 0 Å². The lowest BCUT2D eigenvalue weighted by Gasteiger charge is -2.02. The van der Waals surface area contributed by atoms with Gasteiger partial charge in [0, 0.05) is 21.2 Å². The van der Waals surface area contributed by atoms with Crippen molar-refractivity contribution >= 4 is 23.2 Å². The molecule has 22 heavy (non-hydrogen) atoms. The smallest absolute Gasteiger partial charge is 0.158 e. The molecule has 2 aromatic carbocycles. The summed E-state index contributed by atoms with van der Waals surface area (Å²) in [5.41, 5.74) is 2.16. The fourth-order valence-electron chi connectivity index (χ4n) is 2.29. The van der Waals surface area contributed by atoms with Gasteiger partial charge in [-0.05, 0) is 42.5 Å². The maximum absolute atomic E-state index is 6.15. The Kier molecular flexibility index (Phi) is 4.84. The number of rotatable bonds is 5. The SMILES string of the molecule is Clc1ccc(-c2ccc(C[NH2+]Cc3ccccc3Cl)o2)cc1. The minimum absolute atomic E-state index is 0.726. The van der Waals surface area contributed by atoms with Crippen molar-refractivity contribution in [2.45, 2.75) is 13.1 Å². The van der Waals surface area contributed by atoms with E-state index in [1.54, 1.807) is 0 Å². The molecule has 2 nitrogen and oxygen atoms in total. The first kappa shape index (κ1) is 15.2.